The van der Waals surface area contributed by atoms with Crippen molar-refractivity contribution < 1.29 is 0 Å². The lowest BCUT2D eigenvalue weighted by Crippen LogP contribution is -2.31. The predicted molar refractivity (Wildman–Crippen MR) is 75.3 cm³/mol. The molecule has 0 amide bonds. The highest BCUT2D eigenvalue weighted by atomic mass is 15.1. The molecule has 90 valence electrons. The van der Waals surface area contributed by atoms with Crippen molar-refractivity contribution in [3.8, 4) is 0 Å². The third-order valence-corrected chi connectivity index (χ3v) is 3.67. The van der Waals surface area contributed by atoms with Gasteiger partial charge >= 0.3 is 0 Å². The van der Waals surface area contributed by atoms with Crippen LogP contribution in [0.15, 0.2) is 67.4 Å². The molecule has 1 aliphatic heterocycles. The fraction of sp³-hybridized carbons (Fsp3) is 0.176. The van der Waals surface area contributed by atoms with E-state index in [0.29, 0.717) is 6.04 Å². The largest absolute Gasteiger partial charge is 0.367 e. The molecule has 1 nitrogen and oxygen atoms in total. The van der Waals surface area contributed by atoms with Gasteiger partial charge in [-0.2, -0.15) is 0 Å². The van der Waals surface area contributed by atoms with Crippen molar-refractivity contribution in [3.05, 3.63) is 84.1 Å². The molecule has 1 aliphatic rings. The molecular formula is C17H17N. The Morgan fingerprint density at radius 2 is 1.72 bits per heavy atom. The van der Waals surface area contributed by atoms with E-state index in [2.05, 4.69) is 66.1 Å². The van der Waals surface area contributed by atoms with Crippen LogP contribution >= 0.6 is 0 Å². The van der Waals surface area contributed by atoms with Crippen LogP contribution in [-0.4, -0.2) is 11.4 Å². The first kappa shape index (κ1) is 11.1. The lowest BCUT2D eigenvalue weighted by Gasteiger charge is -2.36. The first-order chi connectivity index (χ1) is 8.90. The zero-order chi connectivity index (χ0) is 12.4. The minimum Gasteiger partial charge on any atom is -0.367 e. The molecule has 1 atom stereocenters. The lowest BCUT2D eigenvalue weighted by molar-refractivity contribution is 0.302. The van der Waals surface area contributed by atoms with Crippen molar-refractivity contribution in [2.75, 3.05) is 6.54 Å². The maximum atomic E-state index is 3.96. The molecule has 0 fully saturated rings. The van der Waals surface area contributed by atoms with E-state index in [4.69, 9.17) is 0 Å². The topological polar surface area (TPSA) is 3.24 Å². The van der Waals surface area contributed by atoms with Gasteiger partial charge in [-0.05, 0) is 29.3 Å². The van der Waals surface area contributed by atoms with Gasteiger partial charge in [0.05, 0.1) is 6.04 Å². The molecule has 3 rings (SSSR count). The summed E-state index contributed by atoms with van der Waals surface area (Å²) >= 11 is 0. The van der Waals surface area contributed by atoms with Crippen LogP contribution in [0.5, 0.6) is 0 Å². The van der Waals surface area contributed by atoms with E-state index in [1.54, 1.807) is 0 Å². The van der Waals surface area contributed by atoms with Crippen LogP contribution in [0.1, 0.15) is 22.7 Å². The van der Waals surface area contributed by atoms with E-state index >= 15 is 0 Å². The highest BCUT2D eigenvalue weighted by Crippen LogP contribution is 2.34. The van der Waals surface area contributed by atoms with Gasteiger partial charge in [-0.15, -0.1) is 0 Å². The summed E-state index contributed by atoms with van der Waals surface area (Å²) in [7, 11) is 0. The highest BCUT2D eigenvalue weighted by Gasteiger charge is 2.25. The average molecular weight is 235 g/mol. The maximum Gasteiger partial charge on any atom is 0.0792 e. The molecule has 0 radical (unpaired) electrons. The number of hydrogen-bond acceptors (Lipinski definition) is 1. The van der Waals surface area contributed by atoms with Crippen LogP contribution in [0.3, 0.4) is 0 Å². The SMILES string of the molecule is C=CN1CCc2ccccc2C1c1ccccc1. The van der Waals surface area contributed by atoms with Crippen LogP contribution in [-0.2, 0) is 6.42 Å². The molecule has 0 aliphatic carbocycles. The number of hydrogen-bond donors (Lipinski definition) is 0. The minimum absolute atomic E-state index is 0.314. The average Bonchev–Trinajstić information content (AvgIpc) is 2.47. The molecule has 1 heteroatoms. The summed E-state index contributed by atoms with van der Waals surface area (Å²) in [5.41, 5.74) is 4.21. The molecule has 0 N–H and O–H groups in total. The van der Waals surface area contributed by atoms with E-state index in [1.165, 1.54) is 16.7 Å². The number of rotatable bonds is 2. The summed E-state index contributed by atoms with van der Waals surface area (Å²) in [6.07, 6.45) is 3.07. The summed E-state index contributed by atoms with van der Waals surface area (Å²) < 4.78 is 0. The second-order valence-corrected chi connectivity index (χ2v) is 4.68. The molecule has 0 saturated heterocycles. The van der Waals surface area contributed by atoms with E-state index < -0.39 is 0 Å². The van der Waals surface area contributed by atoms with Gasteiger partial charge in [0, 0.05) is 6.54 Å². The van der Waals surface area contributed by atoms with E-state index in [-0.39, 0.29) is 0 Å². The van der Waals surface area contributed by atoms with Crippen molar-refractivity contribution in [1.29, 1.82) is 0 Å². The summed E-state index contributed by atoms with van der Waals surface area (Å²) in [5.74, 6) is 0. The second-order valence-electron chi connectivity index (χ2n) is 4.68. The third-order valence-electron chi connectivity index (χ3n) is 3.67. The van der Waals surface area contributed by atoms with Gasteiger partial charge in [-0.25, -0.2) is 0 Å². The molecule has 18 heavy (non-hydrogen) atoms. The van der Waals surface area contributed by atoms with Gasteiger partial charge in [-0.1, -0.05) is 61.2 Å². The number of benzene rings is 2. The summed E-state index contributed by atoms with van der Waals surface area (Å²) in [6, 6.07) is 19.7. The minimum atomic E-state index is 0.314. The quantitative estimate of drug-likeness (QED) is 0.765. The van der Waals surface area contributed by atoms with E-state index in [1.807, 2.05) is 6.20 Å². The predicted octanol–water partition coefficient (Wildman–Crippen LogP) is 3.78. The molecular weight excluding hydrogens is 218 g/mol. The van der Waals surface area contributed by atoms with E-state index in [9.17, 15) is 0 Å². The Bertz CT molecular complexity index is 545. The molecule has 1 heterocycles. The van der Waals surface area contributed by atoms with Gasteiger partial charge in [0.25, 0.3) is 0 Å². The smallest absolute Gasteiger partial charge is 0.0792 e. The van der Waals surface area contributed by atoms with Gasteiger partial charge in [0.1, 0.15) is 0 Å². The van der Waals surface area contributed by atoms with Gasteiger partial charge < -0.3 is 4.90 Å². The zero-order valence-electron chi connectivity index (χ0n) is 10.4. The van der Waals surface area contributed by atoms with Crippen molar-refractivity contribution in [1.82, 2.24) is 4.90 Å². The maximum absolute atomic E-state index is 3.96. The normalized spacial score (nSPS) is 18.2. The molecule has 0 aromatic heterocycles. The fourth-order valence-electron chi connectivity index (χ4n) is 2.79. The molecule has 0 spiro atoms. The van der Waals surface area contributed by atoms with Crippen molar-refractivity contribution >= 4 is 0 Å². The first-order valence-electron chi connectivity index (χ1n) is 6.41. The van der Waals surface area contributed by atoms with Crippen LogP contribution in [0.4, 0.5) is 0 Å². The Hall–Kier alpha value is -2.02. The molecule has 1 unspecified atom stereocenters. The molecule has 2 aromatic carbocycles. The number of nitrogens with zero attached hydrogens (tertiary/aromatic N) is 1. The summed E-state index contributed by atoms with van der Waals surface area (Å²) in [6.45, 7) is 5.00. The lowest BCUT2D eigenvalue weighted by atomic mass is 9.88. The summed E-state index contributed by atoms with van der Waals surface area (Å²) in [4.78, 5) is 2.33. The van der Waals surface area contributed by atoms with Crippen LogP contribution < -0.4 is 0 Å². The van der Waals surface area contributed by atoms with Gasteiger partial charge in [-0.3, -0.25) is 0 Å². The fourth-order valence-corrected chi connectivity index (χ4v) is 2.79. The van der Waals surface area contributed by atoms with Crippen molar-refractivity contribution in [2.45, 2.75) is 12.5 Å². The van der Waals surface area contributed by atoms with Crippen LogP contribution in [0, 0.1) is 0 Å². The highest BCUT2D eigenvalue weighted by molar-refractivity contribution is 5.40. The first-order valence-corrected chi connectivity index (χ1v) is 6.41. The van der Waals surface area contributed by atoms with Crippen molar-refractivity contribution in [2.24, 2.45) is 0 Å². The van der Waals surface area contributed by atoms with Crippen LogP contribution in [0.2, 0.25) is 0 Å². The van der Waals surface area contributed by atoms with Gasteiger partial charge in [0.2, 0.25) is 0 Å². The Morgan fingerprint density at radius 1 is 1.00 bits per heavy atom. The second kappa shape index (κ2) is 4.69. The van der Waals surface area contributed by atoms with Crippen LogP contribution in [0.25, 0.3) is 0 Å². The summed E-state index contributed by atoms with van der Waals surface area (Å²) in [5, 5.41) is 0. The molecule has 0 saturated carbocycles. The molecule has 2 aromatic rings. The van der Waals surface area contributed by atoms with E-state index in [0.717, 1.165) is 13.0 Å². The Morgan fingerprint density at radius 3 is 2.50 bits per heavy atom. The Labute approximate surface area is 108 Å². The Kier molecular flexibility index (Phi) is 2.89. The Balaban J connectivity index is 2.12. The standard InChI is InChI=1S/C17H17N/c1-2-18-13-12-14-8-6-7-11-16(14)17(18)15-9-4-3-5-10-15/h2-11,17H,1,12-13H2. The zero-order valence-corrected chi connectivity index (χ0v) is 10.4. The van der Waals surface area contributed by atoms with Gasteiger partial charge in [0.15, 0.2) is 0 Å². The monoisotopic (exact) mass is 235 g/mol. The third kappa shape index (κ3) is 1.82. The molecule has 0 bridgehead atoms. The number of fused-ring (bicyclic) bond motifs is 1. The van der Waals surface area contributed by atoms with Crippen molar-refractivity contribution in [3.63, 3.8) is 0 Å².